The summed E-state index contributed by atoms with van der Waals surface area (Å²) >= 11 is 6.25. The lowest BCUT2D eigenvalue weighted by Gasteiger charge is -2.13. The van der Waals surface area contributed by atoms with E-state index >= 15 is 0 Å². The molecule has 0 aliphatic rings. The van der Waals surface area contributed by atoms with Crippen LogP contribution in [0.15, 0.2) is 48.5 Å². The van der Waals surface area contributed by atoms with Crippen molar-refractivity contribution in [1.82, 2.24) is 9.55 Å². The molecule has 0 saturated carbocycles. The van der Waals surface area contributed by atoms with Crippen LogP contribution in [0.3, 0.4) is 0 Å². The third-order valence-electron chi connectivity index (χ3n) is 5.12. The van der Waals surface area contributed by atoms with E-state index < -0.39 is 5.97 Å². The number of anilines is 1. The van der Waals surface area contributed by atoms with Gasteiger partial charge in [0.15, 0.2) is 5.15 Å². The fraction of sp³-hybridized carbons (Fsp3) is 0.292. The number of carboxylic acid groups (broad SMARTS) is 1. The van der Waals surface area contributed by atoms with Crippen LogP contribution in [0.25, 0.3) is 0 Å². The molecule has 162 valence electrons. The molecular weight excluding hydrogens is 414 g/mol. The molecule has 6 nitrogen and oxygen atoms in total. The molecule has 0 atom stereocenters. The Morgan fingerprint density at radius 2 is 1.84 bits per heavy atom. The molecule has 1 aromatic heterocycles. The van der Waals surface area contributed by atoms with Gasteiger partial charge in [-0.1, -0.05) is 55.3 Å². The van der Waals surface area contributed by atoms with Gasteiger partial charge in [0, 0.05) is 24.2 Å². The lowest BCUT2D eigenvalue weighted by atomic mass is 10.1. The third kappa shape index (κ3) is 5.73. The molecule has 7 heteroatoms. The van der Waals surface area contributed by atoms with Gasteiger partial charge >= 0.3 is 5.97 Å². The van der Waals surface area contributed by atoms with E-state index in [9.17, 15) is 14.7 Å². The second kappa shape index (κ2) is 10.3. The van der Waals surface area contributed by atoms with Crippen LogP contribution >= 0.6 is 11.6 Å². The number of aryl methyl sites for hydroxylation is 2. The van der Waals surface area contributed by atoms with Crippen LogP contribution in [0.2, 0.25) is 5.15 Å². The zero-order chi connectivity index (χ0) is 22.4. The van der Waals surface area contributed by atoms with Gasteiger partial charge in [0.1, 0.15) is 5.82 Å². The Labute approximate surface area is 186 Å². The number of amides is 1. The van der Waals surface area contributed by atoms with E-state index in [2.05, 4.69) is 17.2 Å². The first kappa shape index (κ1) is 22.6. The maximum atomic E-state index is 12.5. The Bertz CT molecular complexity index is 1070. The maximum Gasteiger partial charge on any atom is 0.309 e. The highest BCUT2D eigenvalue weighted by atomic mass is 35.5. The van der Waals surface area contributed by atoms with E-state index in [4.69, 9.17) is 11.6 Å². The second-order valence-electron chi connectivity index (χ2n) is 7.49. The molecule has 3 rings (SSSR count). The molecule has 0 aliphatic carbocycles. The van der Waals surface area contributed by atoms with Crippen LogP contribution in [0.4, 0.5) is 5.69 Å². The predicted octanol–water partition coefficient (Wildman–Crippen LogP) is 5.12. The van der Waals surface area contributed by atoms with E-state index in [0.29, 0.717) is 23.5 Å². The highest BCUT2D eigenvalue weighted by Gasteiger charge is 2.18. The molecule has 1 amide bonds. The molecule has 2 N–H and O–H groups in total. The van der Waals surface area contributed by atoms with Crippen molar-refractivity contribution in [3.63, 3.8) is 0 Å². The van der Waals surface area contributed by atoms with E-state index in [1.807, 2.05) is 54.0 Å². The number of hydrogen-bond donors (Lipinski definition) is 2. The van der Waals surface area contributed by atoms with Crippen LogP contribution in [-0.4, -0.2) is 26.5 Å². The van der Waals surface area contributed by atoms with Crippen LogP contribution in [0.5, 0.6) is 0 Å². The SMILES string of the molecule is CCCCc1nc(Cl)c(CC(=O)O)n1Cc1ccc(NC(=O)c2ccccc2C)cc1. The number of hydrogen-bond acceptors (Lipinski definition) is 3. The van der Waals surface area contributed by atoms with Gasteiger partial charge < -0.3 is 15.0 Å². The number of carboxylic acids is 1. The van der Waals surface area contributed by atoms with E-state index in [1.165, 1.54) is 0 Å². The van der Waals surface area contributed by atoms with Crippen LogP contribution in [0, 0.1) is 6.92 Å². The zero-order valence-electron chi connectivity index (χ0n) is 17.7. The van der Waals surface area contributed by atoms with E-state index in [0.717, 1.165) is 36.2 Å². The highest BCUT2D eigenvalue weighted by Crippen LogP contribution is 2.22. The largest absolute Gasteiger partial charge is 0.481 e. The summed E-state index contributed by atoms with van der Waals surface area (Å²) in [4.78, 5) is 28.2. The topological polar surface area (TPSA) is 84.2 Å². The molecule has 2 aromatic carbocycles. The minimum Gasteiger partial charge on any atom is -0.481 e. The predicted molar refractivity (Wildman–Crippen MR) is 122 cm³/mol. The number of carbonyl (C=O) groups is 2. The number of halogens is 1. The van der Waals surface area contributed by atoms with Gasteiger partial charge in [-0.25, -0.2) is 4.98 Å². The monoisotopic (exact) mass is 439 g/mol. The maximum absolute atomic E-state index is 12.5. The van der Waals surface area contributed by atoms with Gasteiger partial charge in [0.25, 0.3) is 5.91 Å². The standard InChI is InChI=1S/C24H26ClN3O3/c1-3-4-9-21-27-23(25)20(14-22(29)30)28(21)15-17-10-12-18(13-11-17)26-24(31)19-8-6-5-7-16(19)2/h5-8,10-13H,3-4,9,14-15H2,1-2H3,(H,26,31)(H,29,30). The molecule has 0 unspecified atom stereocenters. The van der Waals surface area contributed by atoms with Crippen LogP contribution < -0.4 is 5.32 Å². The number of benzene rings is 2. The van der Waals surface area contributed by atoms with Gasteiger partial charge in [0.2, 0.25) is 0 Å². The first-order valence-electron chi connectivity index (χ1n) is 10.3. The first-order valence-corrected chi connectivity index (χ1v) is 10.7. The summed E-state index contributed by atoms with van der Waals surface area (Å²) < 4.78 is 1.90. The molecular formula is C24H26ClN3O3. The fourth-order valence-corrected chi connectivity index (χ4v) is 3.70. The molecule has 0 fully saturated rings. The Hall–Kier alpha value is -3.12. The minimum atomic E-state index is -0.945. The van der Waals surface area contributed by atoms with Crippen molar-refractivity contribution in [2.45, 2.75) is 46.1 Å². The second-order valence-corrected chi connectivity index (χ2v) is 7.85. The van der Waals surface area contributed by atoms with Gasteiger partial charge in [-0.05, 0) is 42.7 Å². The highest BCUT2D eigenvalue weighted by molar-refractivity contribution is 6.30. The number of nitrogens with one attached hydrogen (secondary N) is 1. The number of unbranched alkanes of at least 4 members (excludes halogenated alkanes) is 1. The van der Waals surface area contributed by atoms with Gasteiger partial charge in [0.05, 0.1) is 12.1 Å². The van der Waals surface area contributed by atoms with E-state index in [1.54, 1.807) is 6.07 Å². The molecule has 0 bridgehead atoms. The molecule has 3 aromatic rings. The summed E-state index contributed by atoms with van der Waals surface area (Å²) in [5.41, 5.74) is 3.72. The first-order chi connectivity index (χ1) is 14.9. The summed E-state index contributed by atoms with van der Waals surface area (Å²) in [7, 11) is 0. The smallest absolute Gasteiger partial charge is 0.309 e. The molecule has 0 saturated heterocycles. The average Bonchev–Trinajstić information content (AvgIpc) is 3.02. The normalized spacial score (nSPS) is 10.8. The molecule has 0 radical (unpaired) electrons. The molecule has 1 heterocycles. The summed E-state index contributed by atoms with van der Waals surface area (Å²) in [6.45, 7) is 4.46. The Morgan fingerprint density at radius 3 is 2.48 bits per heavy atom. The van der Waals surface area contributed by atoms with Crippen molar-refractivity contribution in [3.8, 4) is 0 Å². The molecule has 0 spiro atoms. The summed E-state index contributed by atoms with van der Waals surface area (Å²) in [5.74, 6) is -0.308. The van der Waals surface area contributed by atoms with Crippen LogP contribution in [-0.2, 0) is 24.2 Å². The fourth-order valence-electron chi connectivity index (χ4n) is 3.43. The van der Waals surface area contributed by atoms with Crippen molar-refractivity contribution < 1.29 is 14.7 Å². The summed E-state index contributed by atoms with van der Waals surface area (Å²) in [5, 5.41) is 12.4. The number of rotatable bonds is 9. The Balaban J connectivity index is 1.78. The Kier molecular flexibility index (Phi) is 7.47. The molecule has 0 aliphatic heterocycles. The summed E-state index contributed by atoms with van der Waals surface area (Å²) in [6, 6.07) is 14.9. The quantitative estimate of drug-likeness (QED) is 0.485. The number of aromatic nitrogens is 2. The van der Waals surface area contributed by atoms with Crippen molar-refractivity contribution in [3.05, 3.63) is 81.9 Å². The van der Waals surface area contributed by atoms with E-state index in [-0.39, 0.29) is 17.5 Å². The van der Waals surface area contributed by atoms with Crippen molar-refractivity contribution in [2.75, 3.05) is 5.32 Å². The van der Waals surface area contributed by atoms with Crippen molar-refractivity contribution >= 4 is 29.2 Å². The average molecular weight is 440 g/mol. The number of aliphatic carboxylic acids is 1. The van der Waals surface area contributed by atoms with Crippen LogP contribution in [0.1, 0.15) is 52.8 Å². The zero-order valence-corrected chi connectivity index (χ0v) is 18.4. The van der Waals surface area contributed by atoms with Crippen molar-refractivity contribution in [2.24, 2.45) is 0 Å². The number of nitrogens with zero attached hydrogens (tertiary/aromatic N) is 2. The van der Waals surface area contributed by atoms with Gasteiger partial charge in [-0.15, -0.1) is 0 Å². The van der Waals surface area contributed by atoms with Gasteiger partial charge in [-0.2, -0.15) is 0 Å². The lowest BCUT2D eigenvalue weighted by Crippen LogP contribution is -2.14. The number of imidazole rings is 1. The lowest BCUT2D eigenvalue weighted by molar-refractivity contribution is -0.136. The Morgan fingerprint density at radius 1 is 1.13 bits per heavy atom. The number of carbonyl (C=O) groups excluding carboxylic acids is 1. The third-order valence-corrected chi connectivity index (χ3v) is 5.42. The minimum absolute atomic E-state index is 0.155. The van der Waals surface area contributed by atoms with Gasteiger partial charge in [-0.3, -0.25) is 9.59 Å². The molecule has 31 heavy (non-hydrogen) atoms. The van der Waals surface area contributed by atoms with Crippen molar-refractivity contribution in [1.29, 1.82) is 0 Å². The summed E-state index contributed by atoms with van der Waals surface area (Å²) in [6.07, 6.45) is 2.51.